The first-order chi connectivity index (χ1) is 16.1. The predicted molar refractivity (Wildman–Crippen MR) is 132 cm³/mol. The summed E-state index contributed by atoms with van der Waals surface area (Å²) in [7, 11) is 0. The van der Waals surface area contributed by atoms with E-state index >= 15 is 0 Å². The van der Waals surface area contributed by atoms with Crippen LogP contribution in [0.15, 0.2) is 54.9 Å². The van der Waals surface area contributed by atoms with E-state index in [-0.39, 0.29) is 23.0 Å². The number of halogens is 2. The van der Waals surface area contributed by atoms with Crippen LogP contribution in [0.5, 0.6) is 0 Å². The Balaban J connectivity index is 2.09. The molecule has 0 amide bonds. The number of Topliss-reactive ketones (excluding diaryl/α,β-unsaturated/α-hetero) is 1. The summed E-state index contributed by atoms with van der Waals surface area (Å²) in [5.41, 5.74) is -0.992. The van der Waals surface area contributed by atoms with E-state index in [0.717, 1.165) is 11.4 Å². The number of hydrogen-bond donors (Lipinski definition) is 0. The van der Waals surface area contributed by atoms with Crippen LogP contribution in [-0.2, 0) is 14.3 Å². The highest BCUT2D eigenvalue weighted by Crippen LogP contribution is 2.27. The van der Waals surface area contributed by atoms with Crippen LogP contribution in [0.2, 0.25) is 0 Å². The molecule has 2 aromatic heterocycles. The molecule has 1 unspecified atom stereocenters. The van der Waals surface area contributed by atoms with E-state index in [9.17, 15) is 24.0 Å². The van der Waals surface area contributed by atoms with Crippen molar-refractivity contribution < 1.29 is 19.1 Å². The lowest BCUT2D eigenvalue weighted by Gasteiger charge is -2.16. The molecule has 0 saturated heterocycles. The van der Waals surface area contributed by atoms with Crippen molar-refractivity contribution in [3.63, 3.8) is 0 Å². The Morgan fingerprint density at radius 1 is 1.03 bits per heavy atom. The van der Waals surface area contributed by atoms with Gasteiger partial charge in [-0.3, -0.25) is 24.0 Å². The normalized spacial score (nSPS) is 12.2. The summed E-state index contributed by atoms with van der Waals surface area (Å²) in [6.07, 6.45) is -0.645. The van der Waals surface area contributed by atoms with Gasteiger partial charge in [-0.25, -0.2) is 4.98 Å². The van der Waals surface area contributed by atoms with Crippen LogP contribution in [0.1, 0.15) is 25.1 Å². The third-order valence-corrected chi connectivity index (χ3v) is 6.40. The topological polar surface area (TPSA) is 117 Å². The van der Waals surface area contributed by atoms with Crippen molar-refractivity contribution in [2.75, 3.05) is 6.61 Å². The number of nitrogens with zero attached hydrogens (tertiary/aromatic N) is 3. The van der Waals surface area contributed by atoms with Gasteiger partial charge >= 0.3 is 5.97 Å². The smallest absolute Gasteiger partial charge is 0.316 e. The molecule has 0 spiro atoms. The molecule has 34 heavy (non-hydrogen) atoms. The quantitative estimate of drug-likeness (QED) is 0.151. The second-order valence-electron chi connectivity index (χ2n) is 7.51. The molecule has 0 bridgehead atoms. The van der Waals surface area contributed by atoms with E-state index in [0.29, 0.717) is 24.5 Å². The zero-order chi connectivity index (χ0) is 24.7. The summed E-state index contributed by atoms with van der Waals surface area (Å²) in [6.45, 7) is 2.76. The van der Waals surface area contributed by atoms with Crippen LogP contribution in [0.3, 0.4) is 0 Å². The third kappa shape index (κ3) is 3.98. The first kappa shape index (κ1) is 24.0. The second-order valence-corrected chi connectivity index (χ2v) is 9.28. The zero-order valence-electron chi connectivity index (χ0n) is 18.0. The van der Waals surface area contributed by atoms with E-state index in [1.54, 1.807) is 31.2 Å². The molecule has 0 aliphatic rings. The van der Waals surface area contributed by atoms with Gasteiger partial charge in [0.1, 0.15) is 11.7 Å². The van der Waals surface area contributed by atoms with Crippen molar-refractivity contribution in [2.45, 2.75) is 20.3 Å². The maximum atomic E-state index is 13.6. The van der Waals surface area contributed by atoms with E-state index < -0.39 is 41.1 Å². The fourth-order valence-electron chi connectivity index (χ4n) is 3.76. The highest BCUT2D eigenvalue weighted by molar-refractivity contribution is 9.11. The van der Waals surface area contributed by atoms with Crippen molar-refractivity contribution in [1.82, 2.24) is 14.2 Å². The second kappa shape index (κ2) is 9.22. The maximum absolute atomic E-state index is 13.6. The highest BCUT2D eigenvalue weighted by atomic mass is 79.9. The molecule has 4 rings (SSSR count). The molecule has 2 aromatic carbocycles. The van der Waals surface area contributed by atoms with Crippen LogP contribution in [0.25, 0.3) is 27.3 Å². The van der Waals surface area contributed by atoms with Gasteiger partial charge in [0, 0.05) is 20.8 Å². The molecule has 0 radical (unpaired) electrons. The first-order valence-corrected chi connectivity index (χ1v) is 11.8. The SMILES string of the molecule is CCOC(=O)C(CC(=O)n1c(=O)c2ccccc2c2nc3c(Br)cc(Br)cc3c(=O)n21)C(C)=O. The fraction of sp³-hybridized carbons (Fsp3) is 0.217. The van der Waals surface area contributed by atoms with Crippen molar-refractivity contribution in [3.05, 3.63) is 66.1 Å². The molecule has 4 aromatic rings. The number of fused-ring (bicyclic) bond motifs is 4. The Hall–Kier alpha value is -3.18. The molecule has 0 aliphatic carbocycles. The highest BCUT2D eigenvalue weighted by Gasteiger charge is 2.30. The van der Waals surface area contributed by atoms with Gasteiger partial charge in [0.25, 0.3) is 11.1 Å². The lowest BCUT2D eigenvalue weighted by atomic mass is 10.0. The number of ether oxygens (including phenoxy) is 1. The lowest BCUT2D eigenvalue weighted by molar-refractivity contribution is -0.151. The zero-order valence-corrected chi connectivity index (χ0v) is 21.2. The Kier molecular flexibility index (Phi) is 6.50. The van der Waals surface area contributed by atoms with Crippen LogP contribution < -0.4 is 11.1 Å². The largest absolute Gasteiger partial charge is 0.465 e. The first-order valence-electron chi connectivity index (χ1n) is 10.2. The van der Waals surface area contributed by atoms with E-state index in [1.807, 2.05) is 0 Å². The number of ketones is 1. The summed E-state index contributed by atoms with van der Waals surface area (Å²) in [5.74, 6) is -3.78. The maximum Gasteiger partial charge on any atom is 0.316 e. The minimum absolute atomic E-state index is 0.0226. The summed E-state index contributed by atoms with van der Waals surface area (Å²) < 4.78 is 7.59. The molecule has 0 N–H and O–H groups in total. The van der Waals surface area contributed by atoms with Crippen molar-refractivity contribution >= 4 is 76.8 Å². The van der Waals surface area contributed by atoms with Gasteiger partial charge in [-0.1, -0.05) is 34.1 Å². The number of aromatic nitrogens is 3. The van der Waals surface area contributed by atoms with Crippen LogP contribution >= 0.6 is 31.9 Å². The van der Waals surface area contributed by atoms with Crippen molar-refractivity contribution in [2.24, 2.45) is 5.92 Å². The van der Waals surface area contributed by atoms with Gasteiger partial charge in [0.2, 0.25) is 5.91 Å². The molecule has 1 atom stereocenters. The molecule has 2 heterocycles. The Labute approximate surface area is 208 Å². The van der Waals surface area contributed by atoms with Crippen molar-refractivity contribution in [3.8, 4) is 0 Å². The molecule has 0 saturated carbocycles. The number of benzene rings is 2. The Morgan fingerprint density at radius 3 is 2.35 bits per heavy atom. The monoisotopic (exact) mass is 589 g/mol. The van der Waals surface area contributed by atoms with E-state index in [2.05, 4.69) is 36.8 Å². The van der Waals surface area contributed by atoms with Gasteiger partial charge in [-0.2, -0.15) is 9.20 Å². The molecular weight excluding hydrogens is 574 g/mol. The fourth-order valence-corrected chi connectivity index (χ4v) is 5.07. The summed E-state index contributed by atoms with van der Waals surface area (Å²) in [4.78, 5) is 69.3. The summed E-state index contributed by atoms with van der Waals surface area (Å²) in [5, 5.41) is 0.688. The van der Waals surface area contributed by atoms with Crippen molar-refractivity contribution in [1.29, 1.82) is 0 Å². The van der Waals surface area contributed by atoms with Crippen LogP contribution in [0.4, 0.5) is 0 Å². The Bertz CT molecular complexity index is 1640. The molecule has 11 heteroatoms. The Morgan fingerprint density at radius 2 is 1.71 bits per heavy atom. The van der Waals surface area contributed by atoms with Gasteiger partial charge in [0.15, 0.2) is 5.65 Å². The average molecular weight is 591 g/mol. The van der Waals surface area contributed by atoms with Crippen LogP contribution in [0, 0.1) is 5.92 Å². The third-order valence-electron chi connectivity index (χ3n) is 5.34. The van der Waals surface area contributed by atoms with Gasteiger partial charge in [-0.05, 0) is 48.0 Å². The molecule has 0 aliphatic heterocycles. The van der Waals surface area contributed by atoms with Gasteiger partial charge in [-0.15, -0.1) is 0 Å². The van der Waals surface area contributed by atoms with E-state index in [1.165, 1.54) is 12.1 Å². The van der Waals surface area contributed by atoms with Gasteiger partial charge < -0.3 is 4.74 Å². The lowest BCUT2D eigenvalue weighted by Crippen LogP contribution is -2.40. The molecular formula is C23H17Br2N3O6. The summed E-state index contributed by atoms with van der Waals surface area (Å²) in [6, 6.07) is 9.72. The number of carbonyl (C=O) groups is 3. The predicted octanol–water partition coefficient (Wildman–Crippen LogP) is 3.49. The molecule has 9 nitrogen and oxygen atoms in total. The minimum Gasteiger partial charge on any atom is -0.465 e. The van der Waals surface area contributed by atoms with Crippen LogP contribution in [-0.4, -0.2) is 38.4 Å². The average Bonchev–Trinajstić information content (AvgIpc) is 2.79. The number of hydrogen-bond acceptors (Lipinski definition) is 7. The number of esters is 1. The number of rotatable bonds is 5. The minimum atomic E-state index is -1.41. The van der Waals surface area contributed by atoms with Gasteiger partial charge in [0.05, 0.1) is 22.9 Å². The summed E-state index contributed by atoms with van der Waals surface area (Å²) >= 11 is 6.74. The standard InChI is InChI=1S/C23H17Br2N3O6/c1-3-34-23(33)15(11(2)29)10-18(30)27-21(31)14-7-5-4-6-13(14)20-26-19-16(22(32)28(20)27)8-12(24)9-17(19)25/h4-9,15H,3,10H2,1-2H3. The number of carbonyl (C=O) groups excluding carboxylic acids is 3. The van der Waals surface area contributed by atoms with E-state index in [4.69, 9.17) is 4.74 Å². The molecule has 0 fully saturated rings. The molecule has 174 valence electrons.